The van der Waals surface area contributed by atoms with E-state index in [2.05, 4.69) is 20.4 Å². The van der Waals surface area contributed by atoms with Crippen LogP contribution in [0, 0.1) is 6.92 Å². The van der Waals surface area contributed by atoms with Gasteiger partial charge in [-0.1, -0.05) is 41.1 Å². The van der Waals surface area contributed by atoms with Crippen LogP contribution < -0.4 is 14.8 Å². The maximum absolute atomic E-state index is 12.6. The zero-order valence-electron chi connectivity index (χ0n) is 19.3. The molecule has 0 radical (unpaired) electrons. The number of hydrogen-bond donors (Lipinski definition) is 1. The highest BCUT2D eigenvalue weighted by Gasteiger charge is 2.17. The minimum atomic E-state index is -0.218. The molecular formula is C27H21N5O4. The number of hydrogen-bond acceptors (Lipinski definition) is 7. The third kappa shape index (κ3) is 4.41. The van der Waals surface area contributed by atoms with Crippen LogP contribution in [-0.4, -0.2) is 32.4 Å². The molecule has 0 saturated carbocycles. The summed E-state index contributed by atoms with van der Waals surface area (Å²) in [6.07, 6.45) is 3.59. The molecule has 1 aliphatic rings. The normalized spacial score (nSPS) is 12.0. The van der Waals surface area contributed by atoms with Crippen molar-refractivity contribution in [3.05, 3.63) is 95.9 Å². The van der Waals surface area contributed by atoms with Crippen LogP contribution in [0.2, 0.25) is 0 Å². The summed E-state index contributed by atoms with van der Waals surface area (Å²) < 4.78 is 18.0. The van der Waals surface area contributed by atoms with Crippen LogP contribution in [0.15, 0.2) is 83.8 Å². The van der Waals surface area contributed by atoms with Gasteiger partial charge in [-0.25, -0.2) is 4.98 Å². The lowest BCUT2D eigenvalue weighted by molar-refractivity contribution is 0.102. The molecule has 9 heteroatoms. The number of carbonyl (C=O) groups excluding carboxylic acids is 1. The molecule has 1 amide bonds. The highest BCUT2D eigenvalue weighted by atomic mass is 16.7. The first kappa shape index (κ1) is 21.6. The minimum Gasteiger partial charge on any atom is -0.454 e. The lowest BCUT2D eigenvalue weighted by Gasteiger charge is -2.08. The summed E-state index contributed by atoms with van der Waals surface area (Å²) in [4.78, 5) is 21.5. The molecule has 178 valence electrons. The van der Waals surface area contributed by atoms with E-state index >= 15 is 0 Å². The summed E-state index contributed by atoms with van der Waals surface area (Å²) in [5.41, 5.74) is 4.87. The van der Waals surface area contributed by atoms with Gasteiger partial charge in [-0.2, -0.15) is 4.98 Å². The van der Waals surface area contributed by atoms with Crippen LogP contribution in [0.5, 0.6) is 11.5 Å². The van der Waals surface area contributed by atoms with Gasteiger partial charge in [-0.3, -0.25) is 4.79 Å². The van der Waals surface area contributed by atoms with Crippen molar-refractivity contribution in [2.45, 2.75) is 13.5 Å². The summed E-state index contributed by atoms with van der Waals surface area (Å²) in [6.45, 7) is 2.79. The number of amides is 1. The molecule has 2 aromatic heterocycles. The molecule has 3 heterocycles. The number of ether oxygens (including phenoxy) is 2. The number of aryl methyl sites for hydroxylation is 1. The molecule has 3 aromatic carbocycles. The summed E-state index contributed by atoms with van der Waals surface area (Å²) >= 11 is 0. The Hall–Kier alpha value is -4.92. The molecule has 9 nitrogen and oxygen atoms in total. The lowest BCUT2D eigenvalue weighted by atomic mass is 10.1. The number of benzene rings is 3. The first-order valence-electron chi connectivity index (χ1n) is 11.3. The quantitative estimate of drug-likeness (QED) is 0.368. The number of nitrogens with zero attached hydrogens (tertiary/aromatic N) is 4. The summed E-state index contributed by atoms with van der Waals surface area (Å²) in [5, 5.41) is 6.99. The largest absolute Gasteiger partial charge is 0.454 e. The number of aromatic nitrogens is 4. The summed E-state index contributed by atoms with van der Waals surface area (Å²) in [6, 6.07) is 20.7. The van der Waals surface area contributed by atoms with Crippen LogP contribution in [0.4, 0.5) is 5.69 Å². The third-order valence-corrected chi connectivity index (χ3v) is 5.77. The van der Waals surface area contributed by atoms with Gasteiger partial charge in [0.15, 0.2) is 11.5 Å². The van der Waals surface area contributed by atoms with E-state index in [-0.39, 0.29) is 12.7 Å². The maximum Gasteiger partial charge on any atom is 0.278 e. The lowest BCUT2D eigenvalue weighted by Crippen LogP contribution is -2.11. The van der Waals surface area contributed by atoms with Crippen molar-refractivity contribution in [2.24, 2.45) is 0 Å². The number of anilines is 1. The maximum atomic E-state index is 12.6. The standard InChI is InChI=1S/C27H21N5O4/c1-17-3-2-4-19(11-17)25-30-27(36-31-25)22-14-32(15-28-22)13-18-5-8-21(9-6-18)29-26(33)20-7-10-23-24(12-20)35-16-34-23/h2-12,14-15H,13,16H2,1H3,(H,29,33). The number of carbonyl (C=O) groups is 1. The first-order valence-corrected chi connectivity index (χ1v) is 11.3. The Bertz CT molecular complexity index is 1550. The SMILES string of the molecule is Cc1cccc(-c2noc(-c3cn(Cc4ccc(NC(=O)c5ccc6c(c5)OCO6)cc4)cn3)n2)c1. The molecule has 0 saturated heterocycles. The molecule has 5 aromatic rings. The Kier molecular flexibility index (Phi) is 5.42. The molecule has 0 atom stereocenters. The fraction of sp³-hybridized carbons (Fsp3) is 0.111. The average molecular weight is 479 g/mol. The Balaban J connectivity index is 1.10. The van der Waals surface area contributed by atoms with Gasteiger partial charge < -0.3 is 23.9 Å². The Labute approximate surface area is 206 Å². The summed E-state index contributed by atoms with van der Waals surface area (Å²) in [5.74, 6) is 1.90. The van der Waals surface area contributed by atoms with Crippen molar-refractivity contribution in [3.63, 3.8) is 0 Å². The van der Waals surface area contributed by atoms with Crippen LogP contribution in [0.3, 0.4) is 0 Å². The van der Waals surface area contributed by atoms with Gasteiger partial charge in [0.25, 0.3) is 11.8 Å². The van der Waals surface area contributed by atoms with Crippen LogP contribution in [0.25, 0.3) is 23.0 Å². The van der Waals surface area contributed by atoms with Gasteiger partial charge >= 0.3 is 0 Å². The highest BCUT2D eigenvalue weighted by molar-refractivity contribution is 6.04. The van der Waals surface area contributed by atoms with Crippen LogP contribution in [0.1, 0.15) is 21.5 Å². The zero-order chi connectivity index (χ0) is 24.5. The van der Waals surface area contributed by atoms with Crippen molar-refractivity contribution < 1.29 is 18.8 Å². The van der Waals surface area contributed by atoms with E-state index in [1.807, 2.05) is 66.2 Å². The van der Waals surface area contributed by atoms with Gasteiger partial charge in [0.05, 0.1) is 6.33 Å². The summed E-state index contributed by atoms with van der Waals surface area (Å²) in [7, 11) is 0. The van der Waals surface area contributed by atoms with E-state index < -0.39 is 0 Å². The van der Waals surface area contributed by atoms with Crippen molar-refractivity contribution in [1.29, 1.82) is 0 Å². The number of rotatable bonds is 6. The predicted octanol–water partition coefficient (Wildman–Crippen LogP) is 4.94. The minimum absolute atomic E-state index is 0.170. The Morgan fingerprint density at radius 2 is 1.89 bits per heavy atom. The second-order valence-corrected chi connectivity index (χ2v) is 8.44. The van der Waals surface area contributed by atoms with Gasteiger partial charge in [-0.05, 0) is 48.9 Å². The topological polar surface area (TPSA) is 104 Å². The Morgan fingerprint density at radius 1 is 1.03 bits per heavy atom. The van der Waals surface area contributed by atoms with E-state index in [4.69, 9.17) is 14.0 Å². The molecule has 36 heavy (non-hydrogen) atoms. The molecule has 0 aliphatic carbocycles. The molecule has 0 fully saturated rings. The number of imidazole rings is 1. The molecule has 0 spiro atoms. The molecule has 0 unspecified atom stereocenters. The smallest absolute Gasteiger partial charge is 0.278 e. The van der Waals surface area contributed by atoms with Crippen LogP contribution >= 0.6 is 0 Å². The monoisotopic (exact) mass is 479 g/mol. The van der Waals surface area contributed by atoms with Crippen LogP contribution in [-0.2, 0) is 6.54 Å². The number of nitrogens with one attached hydrogen (secondary N) is 1. The molecule has 6 rings (SSSR count). The molecule has 1 N–H and O–H groups in total. The second-order valence-electron chi connectivity index (χ2n) is 8.44. The van der Waals surface area contributed by atoms with Gasteiger partial charge in [0, 0.05) is 29.6 Å². The van der Waals surface area contributed by atoms with Gasteiger partial charge in [0.1, 0.15) is 5.69 Å². The molecule has 0 bridgehead atoms. The van der Waals surface area contributed by atoms with Crippen molar-refractivity contribution in [3.8, 4) is 34.5 Å². The average Bonchev–Trinajstić information content (AvgIpc) is 3.65. The van der Waals surface area contributed by atoms with Crippen molar-refractivity contribution >= 4 is 11.6 Å². The highest BCUT2D eigenvalue weighted by Crippen LogP contribution is 2.32. The fourth-order valence-corrected chi connectivity index (χ4v) is 3.93. The first-order chi connectivity index (χ1) is 17.6. The predicted molar refractivity (Wildman–Crippen MR) is 132 cm³/mol. The molecular weight excluding hydrogens is 458 g/mol. The third-order valence-electron chi connectivity index (χ3n) is 5.77. The van der Waals surface area contributed by atoms with Crippen molar-refractivity contribution in [2.75, 3.05) is 12.1 Å². The number of fused-ring (bicyclic) bond motifs is 1. The fourth-order valence-electron chi connectivity index (χ4n) is 3.93. The second kappa shape index (κ2) is 9.03. The van der Waals surface area contributed by atoms with E-state index in [0.29, 0.717) is 46.7 Å². The molecule has 1 aliphatic heterocycles. The van der Waals surface area contributed by atoms with E-state index in [1.54, 1.807) is 24.5 Å². The van der Waals surface area contributed by atoms with Crippen molar-refractivity contribution in [1.82, 2.24) is 19.7 Å². The van der Waals surface area contributed by atoms with E-state index in [1.165, 1.54) is 0 Å². The van der Waals surface area contributed by atoms with E-state index in [0.717, 1.165) is 16.7 Å². The zero-order valence-corrected chi connectivity index (χ0v) is 19.3. The van der Waals surface area contributed by atoms with E-state index in [9.17, 15) is 4.79 Å². The van der Waals surface area contributed by atoms with Gasteiger partial charge in [-0.15, -0.1) is 0 Å². The van der Waals surface area contributed by atoms with Gasteiger partial charge in [0.2, 0.25) is 12.6 Å². The Morgan fingerprint density at radius 3 is 2.75 bits per heavy atom.